The number of hydrogen-bond donors (Lipinski definition) is 0. The largest absolute Gasteiger partial charge is 0.192 e. The van der Waals surface area contributed by atoms with E-state index in [-0.39, 0.29) is 0 Å². The molecule has 1 aliphatic carbocycles. The molecule has 0 N–H and O–H groups in total. The number of fused-ring (bicyclic) bond motifs is 4. The summed E-state index contributed by atoms with van der Waals surface area (Å²) in [5.41, 5.74) is 20.2. The Morgan fingerprint density at radius 3 is 1.22 bits per heavy atom. The third-order valence-corrected chi connectivity index (χ3v) is 11.9. The summed E-state index contributed by atoms with van der Waals surface area (Å²) in [4.78, 5) is 0. The monoisotopic (exact) mass is 733 g/mol. The molecule has 0 unspecified atom stereocenters. The fraction of sp³-hybridized carbons (Fsp3) is 0. The lowest BCUT2D eigenvalue weighted by atomic mass is 9.82. The van der Waals surface area contributed by atoms with Gasteiger partial charge in [0.2, 0.25) is 0 Å². The van der Waals surface area contributed by atoms with Gasteiger partial charge in [-0.3, -0.25) is 0 Å². The predicted octanol–water partition coefficient (Wildman–Crippen LogP) is 15.5. The smallest absolute Gasteiger partial charge is 0.0991 e. The van der Waals surface area contributed by atoms with E-state index in [2.05, 4.69) is 194 Å². The van der Waals surface area contributed by atoms with Crippen molar-refractivity contribution in [2.45, 2.75) is 0 Å². The average Bonchev–Trinajstić information content (AvgIpc) is 3.63. The Morgan fingerprint density at radius 2 is 0.655 bits per heavy atom. The lowest BCUT2D eigenvalue weighted by Crippen LogP contribution is -1.94. The van der Waals surface area contributed by atoms with Crippen LogP contribution in [0.2, 0.25) is 0 Å². The number of nitrogens with zero attached hydrogens (tertiary/aromatic N) is 1. The summed E-state index contributed by atoms with van der Waals surface area (Å²) in [7, 11) is 0. The van der Waals surface area contributed by atoms with Crippen molar-refractivity contribution in [3.63, 3.8) is 0 Å². The van der Waals surface area contributed by atoms with Crippen LogP contribution in [0.3, 0.4) is 0 Å². The van der Waals surface area contributed by atoms with Gasteiger partial charge in [-0.05, 0) is 129 Å². The van der Waals surface area contributed by atoms with Crippen molar-refractivity contribution in [1.29, 1.82) is 5.26 Å². The zero-order valence-corrected chi connectivity index (χ0v) is 31.7. The lowest BCUT2D eigenvalue weighted by Gasteiger charge is -2.21. The maximum absolute atomic E-state index is 9.38. The summed E-state index contributed by atoms with van der Waals surface area (Å²) in [6, 6.07) is 78.9. The number of nitriles is 1. The van der Waals surface area contributed by atoms with E-state index in [1.807, 2.05) is 24.3 Å². The van der Waals surface area contributed by atoms with Crippen LogP contribution in [0, 0.1) is 11.3 Å². The first kappa shape index (κ1) is 33.5. The summed E-state index contributed by atoms with van der Waals surface area (Å²) in [6.45, 7) is 0. The van der Waals surface area contributed by atoms with Gasteiger partial charge in [0.1, 0.15) is 0 Å². The van der Waals surface area contributed by atoms with Crippen LogP contribution in [0.25, 0.3) is 111 Å². The lowest BCUT2D eigenvalue weighted by molar-refractivity contribution is 1.48. The van der Waals surface area contributed by atoms with Crippen molar-refractivity contribution in [2.75, 3.05) is 0 Å². The molecule has 1 aliphatic rings. The van der Waals surface area contributed by atoms with Crippen molar-refractivity contribution >= 4 is 21.5 Å². The highest BCUT2D eigenvalue weighted by molar-refractivity contribution is 6.28. The fourth-order valence-electron chi connectivity index (χ4n) is 9.18. The van der Waals surface area contributed by atoms with E-state index in [4.69, 9.17) is 0 Å². The van der Waals surface area contributed by atoms with Crippen LogP contribution in [-0.2, 0) is 0 Å². The first-order chi connectivity index (χ1) is 28.7. The van der Waals surface area contributed by atoms with E-state index in [0.717, 1.165) is 11.1 Å². The molecule has 0 spiro atoms. The highest BCUT2D eigenvalue weighted by atomic mass is 14.3. The van der Waals surface area contributed by atoms with Crippen LogP contribution in [-0.4, -0.2) is 0 Å². The van der Waals surface area contributed by atoms with Crippen LogP contribution >= 0.6 is 0 Å². The van der Waals surface area contributed by atoms with Crippen LogP contribution in [0.4, 0.5) is 0 Å². The van der Waals surface area contributed by atoms with Gasteiger partial charge in [0.25, 0.3) is 0 Å². The van der Waals surface area contributed by atoms with Gasteiger partial charge in [-0.2, -0.15) is 5.26 Å². The van der Waals surface area contributed by atoms with Crippen molar-refractivity contribution in [3.8, 4) is 95.1 Å². The molecule has 0 heterocycles. The quantitative estimate of drug-likeness (QED) is 0.167. The van der Waals surface area contributed by atoms with E-state index in [1.54, 1.807) is 0 Å². The van der Waals surface area contributed by atoms with E-state index < -0.39 is 0 Å². The van der Waals surface area contributed by atoms with E-state index in [9.17, 15) is 5.26 Å². The Morgan fingerprint density at radius 1 is 0.259 bits per heavy atom. The van der Waals surface area contributed by atoms with Crippen molar-refractivity contribution in [3.05, 3.63) is 218 Å². The molecule has 0 aliphatic heterocycles. The molecule has 0 amide bonds. The molecule has 1 nitrogen and oxygen atoms in total. The Hall–Kier alpha value is -7.79. The summed E-state index contributed by atoms with van der Waals surface area (Å²) < 4.78 is 0. The molecule has 0 bridgehead atoms. The van der Waals surface area contributed by atoms with Crippen LogP contribution < -0.4 is 0 Å². The Balaban J connectivity index is 1.16. The fourth-order valence-corrected chi connectivity index (χ4v) is 9.18. The number of hydrogen-bond acceptors (Lipinski definition) is 1. The molecule has 11 rings (SSSR count). The second kappa shape index (κ2) is 13.7. The predicted molar refractivity (Wildman–Crippen MR) is 243 cm³/mol. The second-order valence-electron chi connectivity index (χ2n) is 15.1. The minimum Gasteiger partial charge on any atom is -0.192 e. The molecule has 0 radical (unpaired) electrons. The molecule has 10 aromatic carbocycles. The standard InChI is InChI=1S/C57H35N/c58-36-37-21-23-42(24-22-37)45-15-9-16-46(35-45)47-33-34-52-55-48(47)19-10-20-51(55)56-53(43-29-25-40(26-30-43)38-11-3-1-4-12-38)49-17-7-8-18-50(49)54(57(52)56)44-31-27-41(28-32-44)39-13-5-2-6-14-39/h1-35H. The van der Waals surface area contributed by atoms with Gasteiger partial charge in [0.05, 0.1) is 11.6 Å². The maximum atomic E-state index is 9.38. The first-order valence-electron chi connectivity index (χ1n) is 19.8. The van der Waals surface area contributed by atoms with E-state index in [1.165, 1.54) is 99.4 Å². The minimum absolute atomic E-state index is 0.664. The molecule has 58 heavy (non-hydrogen) atoms. The zero-order chi connectivity index (χ0) is 38.6. The Bertz CT molecular complexity index is 3090. The van der Waals surface area contributed by atoms with Gasteiger partial charge in [0.15, 0.2) is 0 Å². The van der Waals surface area contributed by atoms with Crippen molar-refractivity contribution in [1.82, 2.24) is 0 Å². The molecule has 10 aromatic rings. The molecule has 0 aromatic heterocycles. The number of rotatable bonds is 6. The van der Waals surface area contributed by atoms with Gasteiger partial charge >= 0.3 is 0 Å². The Labute approximate surface area is 338 Å². The summed E-state index contributed by atoms with van der Waals surface area (Å²) >= 11 is 0. The molecule has 1 heteroatoms. The van der Waals surface area contributed by atoms with Crippen molar-refractivity contribution in [2.24, 2.45) is 0 Å². The van der Waals surface area contributed by atoms with Crippen LogP contribution in [0.5, 0.6) is 0 Å². The van der Waals surface area contributed by atoms with E-state index >= 15 is 0 Å². The zero-order valence-electron chi connectivity index (χ0n) is 31.7. The van der Waals surface area contributed by atoms with Gasteiger partial charge in [-0.1, -0.05) is 194 Å². The highest BCUT2D eigenvalue weighted by Gasteiger charge is 2.31. The van der Waals surface area contributed by atoms with Crippen LogP contribution in [0.15, 0.2) is 212 Å². The van der Waals surface area contributed by atoms with Gasteiger partial charge in [0, 0.05) is 0 Å². The van der Waals surface area contributed by atoms with Gasteiger partial charge < -0.3 is 0 Å². The first-order valence-corrected chi connectivity index (χ1v) is 19.8. The van der Waals surface area contributed by atoms with Crippen molar-refractivity contribution < 1.29 is 0 Å². The summed E-state index contributed by atoms with van der Waals surface area (Å²) in [5, 5.41) is 14.4. The Kier molecular flexibility index (Phi) is 7.95. The molecule has 0 atom stereocenters. The summed E-state index contributed by atoms with van der Waals surface area (Å²) in [6.07, 6.45) is 0. The molecule has 268 valence electrons. The topological polar surface area (TPSA) is 23.8 Å². The SMILES string of the molecule is N#Cc1ccc(-c2cccc(-c3ccc4c5c(cccc35)-c3c-4c(-c4ccc(-c5ccccc5)cc4)c4ccccc4c3-c3ccc(-c4ccccc4)cc3)c2)cc1. The third kappa shape index (κ3) is 5.47. The molecular weight excluding hydrogens is 699 g/mol. The van der Waals surface area contributed by atoms with Crippen LogP contribution in [0.1, 0.15) is 5.56 Å². The maximum Gasteiger partial charge on any atom is 0.0991 e. The molecule has 0 fully saturated rings. The molecule has 0 saturated heterocycles. The molecule has 0 saturated carbocycles. The normalized spacial score (nSPS) is 11.4. The third-order valence-electron chi connectivity index (χ3n) is 11.9. The number of benzene rings is 10. The summed E-state index contributed by atoms with van der Waals surface area (Å²) in [5.74, 6) is 0. The molecular formula is C57H35N. The van der Waals surface area contributed by atoms with Gasteiger partial charge in [-0.15, -0.1) is 0 Å². The average molecular weight is 734 g/mol. The minimum atomic E-state index is 0.664. The highest BCUT2D eigenvalue weighted by Crippen LogP contribution is 2.58. The van der Waals surface area contributed by atoms with Gasteiger partial charge in [-0.25, -0.2) is 0 Å². The van der Waals surface area contributed by atoms with E-state index in [0.29, 0.717) is 5.56 Å². The second-order valence-corrected chi connectivity index (χ2v) is 15.1.